The average molecular weight is 433 g/mol. The second kappa shape index (κ2) is 8.82. The molecule has 0 aliphatic carbocycles. The fraction of sp³-hybridized carbons (Fsp3) is 0.0833. The summed E-state index contributed by atoms with van der Waals surface area (Å²) in [7, 11) is 1.49. The molecule has 0 saturated heterocycles. The number of furan rings is 1. The van der Waals surface area contributed by atoms with Crippen LogP contribution >= 0.6 is 11.6 Å². The van der Waals surface area contributed by atoms with Crippen molar-refractivity contribution in [2.45, 2.75) is 0 Å². The number of methoxy groups -OCH3 is 1. The lowest BCUT2D eigenvalue weighted by atomic mass is 10.1. The molecule has 1 N–H and O–H groups in total. The highest BCUT2D eigenvalue weighted by Crippen LogP contribution is 2.36. The van der Waals surface area contributed by atoms with E-state index >= 15 is 0 Å². The van der Waals surface area contributed by atoms with Gasteiger partial charge in [0.05, 0.1) is 18.3 Å². The molecule has 0 aliphatic heterocycles. The van der Waals surface area contributed by atoms with Gasteiger partial charge in [0.15, 0.2) is 17.3 Å². The van der Waals surface area contributed by atoms with Gasteiger partial charge < -0.3 is 13.9 Å². The lowest BCUT2D eigenvalue weighted by Gasteiger charge is -2.11. The Kier molecular flexibility index (Phi) is 5.78. The first kappa shape index (κ1) is 20.3. The van der Waals surface area contributed by atoms with Gasteiger partial charge in [-0.05, 0) is 40.6 Å². The van der Waals surface area contributed by atoms with E-state index in [0.29, 0.717) is 27.7 Å². The lowest BCUT2D eigenvalue weighted by Crippen LogP contribution is -2.16. The van der Waals surface area contributed by atoms with Crippen molar-refractivity contribution in [1.82, 2.24) is 5.43 Å². The molecule has 0 unspecified atom stereocenters. The van der Waals surface area contributed by atoms with Crippen molar-refractivity contribution in [2.75, 3.05) is 13.7 Å². The first-order valence-electron chi connectivity index (χ1n) is 9.29. The van der Waals surface area contributed by atoms with Crippen LogP contribution in [0.3, 0.4) is 0 Å². The van der Waals surface area contributed by atoms with E-state index in [1.54, 1.807) is 18.2 Å². The van der Waals surface area contributed by atoms with E-state index in [2.05, 4.69) is 16.4 Å². The highest BCUT2D eigenvalue weighted by atomic mass is 35.5. The molecular formula is C24H17ClN2O4. The summed E-state index contributed by atoms with van der Waals surface area (Å²) in [5, 5.41) is 7.25. The van der Waals surface area contributed by atoms with E-state index < -0.39 is 5.91 Å². The Morgan fingerprint density at radius 3 is 2.87 bits per heavy atom. The second-order valence-corrected chi connectivity index (χ2v) is 6.94. The predicted octanol–water partition coefficient (Wildman–Crippen LogP) is 5.02. The minimum Gasteiger partial charge on any atom is -0.493 e. The maximum absolute atomic E-state index is 12.5. The molecule has 31 heavy (non-hydrogen) atoms. The summed E-state index contributed by atoms with van der Waals surface area (Å²) in [6.07, 6.45) is 6.65. The van der Waals surface area contributed by atoms with Crippen LogP contribution in [-0.2, 0) is 0 Å². The molecule has 1 aromatic heterocycles. The Morgan fingerprint density at radius 2 is 2.06 bits per heavy atom. The summed E-state index contributed by atoms with van der Waals surface area (Å²) in [6, 6.07) is 16.7. The number of halogens is 1. The van der Waals surface area contributed by atoms with Gasteiger partial charge in [0.1, 0.15) is 12.2 Å². The highest BCUT2D eigenvalue weighted by molar-refractivity contribution is 6.32. The van der Waals surface area contributed by atoms with E-state index in [4.69, 9.17) is 31.9 Å². The smallest absolute Gasteiger partial charge is 0.307 e. The third-order valence-corrected chi connectivity index (χ3v) is 4.86. The quantitative estimate of drug-likeness (QED) is 0.263. The Labute approximate surface area is 183 Å². The van der Waals surface area contributed by atoms with Crippen molar-refractivity contribution in [1.29, 1.82) is 0 Å². The monoisotopic (exact) mass is 432 g/mol. The zero-order valence-electron chi connectivity index (χ0n) is 16.5. The van der Waals surface area contributed by atoms with E-state index in [1.807, 2.05) is 36.4 Å². The molecule has 0 fully saturated rings. The number of nitrogens with one attached hydrogen (secondary N) is 1. The minimum atomic E-state index is -0.469. The summed E-state index contributed by atoms with van der Waals surface area (Å²) in [4.78, 5) is 12.5. The molecule has 154 valence electrons. The summed E-state index contributed by atoms with van der Waals surface area (Å²) >= 11 is 6.24. The number of carbonyl (C=O) groups is 1. The number of fused-ring (bicyclic) bond motifs is 3. The van der Waals surface area contributed by atoms with E-state index in [0.717, 1.165) is 16.2 Å². The Balaban J connectivity index is 1.53. The van der Waals surface area contributed by atoms with Crippen LogP contribution in [0.25, 0.3) is 21.7 Å². The van der Waals surface area contributed by atoms with Crippen LogP contribution in [0.15, 0.2) is 64.1 Å². The summed E-state index contributed by atoms with van der Waals surface area (Å²) in [6.45, 7) is 0.0619. The molecule has 0 spiro atoms. The number of hydrogen-bond acceptors (Lipinski definition) is 5. The van der Waals surface area contributed by atoms with Crippen LogP contribution < -0.4 is 14.9 Å². The lowest BCUT2D eigenvalue weighted by molar-refractivity contribution is 0.0929. The molecule has 4 rings (SSSR count). The van der Waals surface area contributed by atoms with Crippen molar-refractivity contribution >= 4 is 45.5 Å². The van der Waals surface area contributed by atoms with Crippen LogP contribution in [0, 0.1) is 12.3 Å². The number of nitrogens with zero attached hydrogens (tertiary/aromatic N) is 1. The zero-order chi connectivity index (χ0) is 21.8. The number of hydrazone groups is 1. The van der Waals surface area contributed by atoms with Crippen LogP contribution in [0.1, 0.15) is 16.1 Å². The van der Waals surface area contributed by atoms with Gasteiger partial charge in [-0.15, -0.1) is 6.42 Å². The fourth-order valence-electron chi connectivity index (χ4n) is 3.19. The van der Waals surface area contributed by atoms with E-state index in [-0.39, 0.29) is 12.4 Å². The Bertz CT molecular complexity index is 1350. The Hall–Kier alpha value is -3.95. The van der Waals surface area contributed by atoms with Crippen molar-refractivity contribution in [3.63, 3.8) is 0 Å². The fourth-order valence-corrected chi connectivity index (χ4v) is 3.47. The summed E-state index contributed by atoms with van der Waals surface area (Å²) in [5.41, 5.74) is 3.69. The third-order valence-electron chi connectivity index (χ3n) is 4.58. The van der Waals surface area contributed by atoms with Gasteiger partial charge in [0.25, 0.3) is 0 Å². The topological polar surface area (TPSA) is 73.1 Å². The molecule has 1 heterocycles. The number of amides is 1. The minimum absolute atomic E-state index is 0.0619. The zero-order valence-corrected chi connectivity index (χ0v) is 17.3. The SMILES string of the molecule is C#CCOc1c(Cl)cc(/C=N/NC(=O)c2cc3c(ccc4ccccc43)o2)cc1OC. The number of hydrogen-bond donors (Lipinski definition) is 1. The highest BCUT2D eigenvalue weighted by Gasteiger charge is 2.14. The summed E-state index contributed by atoms with van der Waals surface area (Å²) in [5.74, 6) is 2.81. The molecule has 0 aliphatic rings. The van der Waals surface area contributed by atoms with Gasteiger partial charge >= 0.3 is 5.91 Å². The molecule has 3 aromatic carbocycles. The van der Waals surface area contributed by atoms with Gasteiger partial charge in [-0.25, -0.2) is 5.43 Å². The van der Waals surface area contributed by atoms with Crippen LogP contribution in [0.5, 0.6) is 11.5 Å². The van der Waals surface area contributed by atoms with E-state index in [9.17, 15) is 4.79 Å². The molecule has 4 aromatic rings. The number of ether oxygens (including phenoxy) is 2. The van der Waals surface area contributed by atoms with Crippen molar-refractivity contribution in [3.05, 3.63) is 70.9 Å². The second-order valence-electron chi connectivity index (χ2n) is 6.54. The molecule has 0 bridgehead atoms. The number of terminal acetylenes is 1. The van der Waals surface area contributed by atoms with Crippen molar-refractivity contribution in [2.24, 2.45) is 5.10 Å². The van der Waals surface area contributed by atoms with Gasteiger partial charge in [0, 0.05) is 5.39 Å². The molecule has 0 radical (unpaired) electrons. The molecule has 0 saturated carbocycles. The largest absolute Gasteiger partial charge is 0.493 e. The van der Waals surface area contributed by atoms with Crippen LogP contribution in [-0.4, -0.2) is 25.8 Å². The number of carbonyl (C=O) groups excluding carboxylic acids is 1. The standard InChI is InChI=1S/C24H17ClN2O4/c1-3-10-30-23-19(25)11-15(12-21(23)29-2)14-26-27-24(28)22-13-18-17-7-5-4-6-16(17)8-9-20(18)31-22/h1,4-9,11-14H,10H2,2H3,(H,27,28)/b26-14+. The molecule has 7 heteroatoms. The molecule has 0 atom stereocenters. The maximum atomic E-state index is 12.5. The number of benzene rings is 3. The van der Waals surface area contributed by atoms with Gasteiger partial charge in [0.2, 0.25) is 0 Å². The molecule has 6 nitrogen and oxygen atoms in total. The van der Waals surface area contributed by atoms with Crippen molar-refractivity contribution < 1.29 is 18.7 Å². The predicted molar refractivity (Wildman–Crippen MR) is 121 cm³/mol. The third kappa shape index (κ3) is 4.18. The maximum Gasteiger partial charge on any atom is 0.307 e. The average Bonchev–Trinajstić information content (AvgIpc) is 3.23. The Morgan fingerprint density at radius 1 is 1.23 bits per heavy atom. The van der Waals surface area contributed by atoms with E-state index in [1.165, 1.54) is 13.3 Å². The van der Waals surface area contributed by atoms with Crippen LogP contribution in [0.4, 0.5) is 0 Å². The number of rotatable bonds is 6. The van der Waals surface area contributed by atoms with Crippen LogP contribution in [0.2, 0.25) is 5.02 Å². The van der Waals surface area contributed by atoms with Gasteiger partial charge in [-0.1, -0.05) is 47.9 Å². The first-order valence-corrected chi connectivity index (χ1v) is 9.67. The first-order chi connectivity index (χ1) is 15.1. The van der Waals surface area contributed by atoms with Gasteiger partial charge in [-0.3, -0.25) is 4.79 Å². The van der Waals surface area contributed by atoms with Gasteiger partial charge in [-0.2, -0.15) is 5.10 Å². The molecule has 1 amide bonds. The molecular weight excluding hydrogens is 416 g/mol. The van der Waals surface area contributed by atoms with Crippen molar-refractivity contribution in [3.8, 4) is 23.8 Å². The summed E-state index contributed by atoms with van der Waals surface area (Å²) < 4.78 is 16.4. The normalized spacial score (nSPS) is 11.0.